The van der Waals surface area contributed by atoms with E-state index in [9.17, 15) is 13.2 Å². The van der Waals surface area contributed by atoms with Crippen LogP contribution in [0.25, 0.3) is 6.08 Å². The number of halogens is 1. The molecule has 5 nitrogen and oxygen atoms in total. The molecule has 0 unspecified atom stereocenters. The van der Waals surface area contributed by atoms with Crippen LogP contribution in [0, 0.1) is 6.92 Å². The van der Waals surface area contributed by atoms with Crippen LogP contribution in [0.4, 0.5) is 5.69 Å². The number of aryl methyl sites for hydroxylation is 1. The Morgan fingerprint density at radius 1 is 1.32 bits per heavy atom. The maximum Gasteiger partial charge on any atom is 0.326 e. The van der Waals surface area contributed by atoms with Gasteiger partial charge in [0.2, 0.25) is 0 Å². The number of carbonyl (C=O) groups is 1. The maximum atomic E-state index is 12.6. The molecule has 1 aromatic heterocycles. The Labute approximate surface area is 155 Å². The number of rotatable bonds is 4. The number of hydrogen-bond acceptors (Lipinski definition) is 4. The standard InChI is InChI=1S/C17H15ClN2O3S2/c1-3-4-5-14-11(2)24-16-15(14)20(25(22,23)19-17(16)21)10-12-6-8-13(18)9-7-12/h3-9H,1,10H2,2H3,(H,19,21)/b5-4-. The first kappa shape index (κ1) is 17.7. The fourth-order valence-electron chi connectivity index (χ4n) is 2.57. The number of thiophene rings is 1. The number of amides is 1. The molecule has 0 aliphatic carbocycles. The molecule has 3 rings (SSSR count). The van der Waals surface area contributed by atoms with Crippen LogP contribution in [0.5, 0.6) is 0 Å². The second-order valence-corrected chi connectivity index (χ2v) is 8.67. The molecule has 0 fully saturated rings. The third kappa shape index (κ3) is 3.35. The zero-order chi connectivity index (χ0) is 18.2. The lowest BCUT2D eigenvalue weighted by Gasteiger charge is -2.29. The van der Waals surface area contributed by atoms with Crippen LogP contribution in [-0.4, -0.2) is 14.3 Å². The maximum absolute atomic E-state index is 12.6. The van der Waals surface area contributed by atoms with Gasteiger partial charge in [-0.3, -0.25) is 4.79 Å². The lowest BCUT2D eigenvalue weighted by atomic mass is 10.1. The molecular weight excluding hydrogens is 380 g/mol. The molecule has 25 heavy (non-hydrogen) atoms. The van der Waals surface area contributed by atoms with Gasteiger partial charge in [-0.15, -0.1) is 11.3 Å². The molecule has 1 aliphatic heterocycles. The zero-order valence-corrected chi connectivity index (χ0v) is 15.7. The van der Waals surface area contributed by atoms with Crippen LogP contribution in [0.15, 0.2) is 43.0 Å². The SMILES string of the molecule is C=C/C=C\c1c(C)sc2c1N(Cc1ccc(Cl)cc1)S(=O)(=O)NC2=O. The molecule has 0 atom stereocenters. The first-order valence-electron chi connectivity index (χ1n) is 7.35. The molecule has 1 aliphatic rings. The second-order valence-electron chi connectivity index (χ2n) is 5.41. The molecule has 0 radical (unpaired) electrons. The molecule has 2 aromatic rings. The van der Waals surface area contributed by atoms with Gasteiger partial charge in [-0.25, -0.2) is 9.03 Å². The van der Waals surface area contributed by atoms with E-state index in [1.807, 2.05) is 6.92 Å². The van der Waals surface area contributed by atoms with E-state index in [2.05, 4.69) is 11.3 Å². The van der Waals surface area contributed by atoms with Crippen molar-refractivity contribution in [3.8, 4) is 0 Å². The number of benzene rings is 1. The number of allylic oxidation sites excluding steroid dienone is 2. The smallest absolute Gasteiger partial charge is 0.267 e. The minimum Gasteiger partial charge on any atom is -0.267 e. The highest BCUT2D eigenvalue weighted by atomic mass is 35.5. The van der Waals surface area contributed by atoms with Crippen molar-refractivity contribution in [3.63, 3.8) is 0 Å². The molecule has 0 saturated heterocycles. The monoisotopic (exact) mass is 394 g/mol. The average molecular weight is 395 g/mol. The fraction of sp³-hybridized carbons (Fsp3) is 0.118. The molecule has 1 aromatic carbocycles. The van der Waals surface area contributed by atoms with Crippen molar-refractivity contribution in [1.82, 2.24) is 4.72 Å². The van der Waals surface area contributed by atoms with Crippen LogP contribution < -0.4 is 9.03 Å². The van der Waals surface area contributed by atoms with Gasteiger partial charge in [0.1, 0.15) is 4.88 Å². The number of anilines is 1. The summed E-state index contributed by atoms with van der Waals surface area (Å²) in [5.41, 5.74) is 1.86. The van der Waals surface area contributed by atoms with Crippen molar-refractivity contribution >= 4 is 50.8 Å². The quantitative estimate of drug-likeness (QED) is 0.799. The molecule has 8 heteroatoms. The van der Waals surface area contributed by atoms with Crippen molar-refractivity contribution in [3.05, 3.63) is 68.9 Å². The fourth-order valence-corrected chi connectivity index (χ4v) is 5.05. The average Bonchev–Trinajstić information content (AvgIpc) is 2.87. The molecule has 1 N–H and O–H groups in total. The second kappa shape index (κ2) is 6.67. The summed E-state index contributed by atoms with van der Waals surface area (Å²) < 4.78 is 28.5. The van der Waals surface area contributed by atoms with Crippen LogP contribution in [0.3, 0.4) is 0 Å². The van der Waals surface area contributed by atoms with Crippen molar-refractivity contribution in [2.45, 2.75) is 13.5 Å². The predicted molar refractivity (Wildman–Crippen MR) is 102 cm³/mol. The largest absolute Gasteiger partial charge is 0.326 e. The van der Waals surface area contributed by atoms with Gasteiger partial charge in [0.15, 0.2) is 0 Å². The van der Waals surface area contributed by atoms with Gasteiger partial charge in [-0.05, 0) is 24.6 Å². The van der Waals surface area contributed by atoms with E-state index >= 15 is 0 Å². The van der Waals surface area contributed by atoms with Crippen LogP contribution in [0.1, 0.15) is 25.7 Å². The van der Waals surface area contributed by atoms with Gasteiger partial charge in [0.05, 0.1) is 12.2 Å². The highest BCUT2D eigenvalue weighted by Gasteiger charge is 2.38. The van der Waals surface area contributed by atoms with Gasteiger partial charge in [0, 0.05) is 15.5 Å². The van der Waals surface area contributed by atoms with E-state index in [0.717, 1.165) is 10.4 Å². The Bertz CT molecular complexity index is 976. The van der Waals surface area contributed by atoms with Crippen molar-refractivity contribution in [2.75, 3.05) is 4.31 Å². The number of fused-ring (bicyclic) bond motifs is 1. The van der Waals surface area contributed by atoms with Gasteiger partial charge in [0.25, 0.3) is 5.91 Å². The lowest BCUT2D eigenvalue weighted by molar-refractivity contribution is 0.0983. The Morgan fingerprint density at radius 2 is 2.00 bits per heavy atom. The molecule has 0 spiro atoms. The molecule has 0 bridgehead atoms. The minimum absolute atomic E-state index is 0.0951. The molecule has 0 saturated carbocycles. The predicted octanol–water partition coefficient (Wildman–Crippen LogP) is 3.90. The summed E-state index contributed by atoms with van der Waals surface area (Å²) in [5.74, 6) is -0.603. The van der Waals surface area contributed by atoms with Gasteiger partial charge < -0.3 is 0 Å². The van der Waals surface area contributed by atoms with E-state index < -0.39 is 16.1 Å². The van der Waals surface area contributed by atoms with Crippen molar-refractivity contribution in [1.29, 1.82) is 0 Å². The van der Waals surface area contributed by atoms with E-state index in [4.69, 9.17) is 11.6 Å². The molecule has 1 amide bonds. The Kier molecular flexibility index (Phi) is 4.73. The van der Waals surface area contributed by atoms with Gasteiger partial charge >= 0.3 is 10.2 Å². The molecular formula is C17H15ClN2O3S2. The zero-order valence-electron chi connectivity index (χ0n) is 13.3. The Morgan fingerprint density at radius 3 is 2.64 bits per heavy atom. The van der Waals surface area contributed by atoms with Crippen molar-refractivity contribution in [2.24, 2.45) is 0 Å². The van der Waals surface area contributed by atoms with Crippen LogP contribution in [0.2, 0.25) is 5.02 Å². The van der Waals surface area contributed by atoms with E-state index in [1.54, 1.807) is 42.5 Å². The number of nitrogens with zero attached hydrogens (tertiary/aromatic N) is 1. The first-order chi connectivity index (χ1) is 11.8. The lowest BCUT2D eigenvalue weighted by Crippen LogP contribution is -2.47. The van der Waals surface area contributed by atoms with Gasteiger partial charge in [-0.2, -0.15) is 8.42 Å². The summed E-state index contributed by atoms with van der Waals surface area (Å²) in [7, 11) is -3.98. The normalized spacial score (nSPS) is 15.9. The third-order valence-electron chi connectivity index (χ3n) is 3.71. The Balaban J connectivity index is 2.15. The van der Waals surface area contributed by atoms with Crippen LogP contribution >= 0.6 is 22.9 Å². The summed E-state index contributed by atoms with van der Waals surface area (Å²) in [6, 6.07) is 6.91. The first-order valence-corrected chi connectivity index (χ1v) is 9.98. The summed E-state index contributed by atoms with van der Waals surface area (Å²) >= 11 is 7.16. The highest BCUT2D eigenvalue weighted by molar-refractivity contribution is 7.91. The topological polar surface area (TPSA) is 66.5 Å². The minimum atomic E-state index is -3.98. The highest BCUT2D eigenvalue weighted by Crippen LogP contribution is 2.41. The van der Waals surface area contributed by atoms with Crippen molar-refractivity contribution < 1.29 is 13.2 Å². The van der Waals surface area contributed by atoms with E-state index in [-0.39, 0.29) is 6.54 Å². The van der Waals surface area contributed by atoms with Crippen LogP contribution in [-0.2, 0) is 16.8 Å². The molecule has 2 heterocycles. The number of carbonyl (C=O) groups excluding carboxylic acids is 1. The Hall–Kier alpha value is -2.09. The van der Waals surface area contributed by atoms with E-state index in [0.29, 0.717) is 21.2 Å². The number of hydrogen-bond donors (Lipinski definition) is 1. The van der Waals surface area contributed by atoms with Gasteiger partial charge in [-0.1, -0.05) is 48.5 Å². The third-order valence-corrected chi connectivity index (χ3v) is 6.41. The summed E-state index contributed by atoms with van der Waals surface area (Å²) in [6.07, 6.45) is 5.08. The number of nitrogens with one attached hydrogen (secondary N) is 1. The summed E-state index contributed by atoms with van der Waals surface area (Å²) in [6.45, 7) is 5.58. The summed E-state index contributed by atoms with van der Waals surface area (Å²) in [5, 5.41) is 0.570. The molecule has 130 valence electrons. The van der Waals surface area contributed by atoms with E-state index in [1.165, 1.54) is 15.6 Å². The summed E-state index contributed by atoms with van der Waals surface area (Å²) in [4.78, 5) is 13.5.